The van der Waals surface area contributed by atoms with Gasteiger partial charge in [-0.3, -0.25) is 4.90 Å². The Bertz CT molecular complexity index is 517. The third kappa shape index (κ3) is 2.39. The summed E-state index contributed by atoms with van der Waals surface area (Å²) in [4.78, 5) is 2.42. The minimum absolute atomic E-state index is 0.906. The van der Waals surface area contributed by atoms with Crippen LogP contribution in [0.4, 0.5) is 0 Å². The quantitative estimate of drug-likeness (QED) is 0.923. The van der Waals surface area contributed by atoms with Crippen molar-refractivity contribution in [1.82, 2.24) is 10.2 Å². The predicted molar refractivity (Wildman–Crippen MR) is 72.1 cm³/mol. The number of rotatable bonds is 2. The molecule has 0 spiro atoms. The lowest BCUT2D eigenvalue weighted by atomic mass is 10.2. The molecule has 1 aliphatic heterocycles. The molecule has 0 saturated carbocycles. The Labute approximate surface area is 109 Å². The van der Waals surface area contributed by atoms with Crippen LogP contribution >= 0.6 is 15.9 Å². The molecule has 0 amide bonds. The molecule has 1 N–H and O–H groups in total. The molecule has 2 heterocycles. The molecule has 0 atom stereocenters. The third-order valence-corrected chi connectivity index (χ3v) is 3.84. The summed E-state index contributed by atoms with van der Waals surface area (Å²) in [5, 5.41) is 4.52. The molecule has 1 aromatic heterocycles. The number of hydrogen-bond donors (Lipinski definition) is 1. The fourth-order valence-electron chi connectivity index (χ4n) is 2.25. The van der Waals surface area contributed by atoms with Crippen LogP contribution in [0.5, 0.6) is 0 Å². The first-order chi connectivity index (χ1) is 8.33. The third-order valence-electron chi connectivity index (χ3n) is 3.15. The molecule has 0 bridgehead atoms. The Morgan fingerprint density at radius 2 is 2.12 bits per heavy atom. The minimum Gasteiger partial charge on any atom is -0.460 e. The van der Waals surface area contributed by atoms with Crippen LogP contribution in [-0.4, -0.2) is 31.1 Å². The molecule has 2 aromatic rings. The first-order valence-electron chi connectivity index (χ1n) is 5.93. The van der Waals surface area contributed by atoms with Crippen LogP contribution in [0.25, 0.3) is 11.0 Å². The molecule has 90 valence electrons. The monoisotopic (exact) mass is 294 g/mol. The van der Waals surface area contributed by atoms with Crippen molar-refractivity contribution in [1.29, 1.82) is 0 Å². The molecule has 1 aromatic carbocycles. The highest BCUT2D eigenvalue weighted by molar-refractivity contribution is 9.10. The van der Waals surface area contributed by atoms with Crippen LogP contribution in [0.3, 0.4) is 0 Å². The summed E-state index contributed by atoms with van der Waals surface area (Å²) in [5.74, 6) is 1.05. The van der Waals surface area contributed by atoms with Crippen molar-refractivity contribution >= 4 is 26.9 Å². The Morgan fingerprint density at radius 1 is 1.29 bits per heavy atom. The first kappa shape index (κ1) is 11.3. The van der Waals surface area contributed by atoms with Crippen LogP contribution < -0.4 is 5.32 Å². The van der Waals surface area contributed by atoms with Gasteiger partial charge in [0, 0.05) is 36.0 Å². The van der Waals surface area contributed by atoms with Crippen molar-refractivity contribution in [2.45, 2.75) is 6.54 Å². The van der Waals surface area contributed by atoms with Gasteiger partial charge in [-0.2, -0.15) is 0 Å². The average molecular weight is 295 g/mol. The molecule has 1 saturated heterocycles. The summed E-state index contributed by atoms with van der Waals surface area (Å²) in [6, 6.07) is 8.21. The number of piperazine rings is 1. The molecular weight excluding hydrogens is 280 g/mol. The standard InChI is InChI=1S/C13H15BrN2O/c14-12-2-1-3-13-11(12)8-10(17-13)9-16-6-4-15-5-7-16/h1-3,8,15H,4-7,9H2. The van der Waals surface area contributed by atoms with Gasteiger partial charge in [0.1, 0.15) is 11.3 Å². The molecule has 0 aliphatic carbocycles. The van der Waals surface area contributed by atoms with Crippen LogP contribution in [0.1, 0.15) is 5.76 Å². The Kier molecular flexibility index (Phi) is 3.18. The van der Waals surface area contributed by atoms with Gasteiger partial charge in [-0.05, 0) is 18.2 Å². The average Bonchev–Trinajstić information content (AvgIpc) is 2.74. The van der Waals surface area contributed by atoms with Gasteiger partial charge >= 0.3 is 0 Å². The van der Waals surface area contributed by atoms with Crippen LogP contribution in [0.15, 0.2) is 33.2 Å². The number of nitrogens with one attached hydrogen (secondary N) is 1. The van der Waals surface area contributed by atoms with Gasteiger partial charge in [0.2, 0.25) is 0 Å². The predicted octanol–water partition coefficient (Wildman–Crippen LogP) is 2.60. The SMILES string of the molecule is Brc1cccc2oc(CN3CCNCC3)cc12. The molecule has 3 nitrogen and oxygen atoms in total. The van der Waals surface area contributed by atoms with Gasteiger partial charge in [-0.15, -0.1) is 0 Å². The topological polar surface area (TPSA) is 28.4 Å². The molecule has 1 fully saturated rings. The highest BCUT2D eigenvalue weighted by atomic mass is 79.9. The number of furan rings is 1. The van der Waals surface area contributed by atoms with Gasteiger partial charge in [0.15, 0.2) is 0 Å². The van der Waals surface area contributed by atoms with E-state index in [0.717, 1.165) is 53.9 Å². The number of fused-ring (bicyclic) bond motifs is 1. The second-order valence-corrected chi connectivity index (χ2v) is 5.24. The maximum atomic E-state index is 5.86. The maximum Gasteiger partial charge on any atom is 0.135 e. The summed E-state index contributed by atoms with van der Waals surface area (Å²) in [6.45, 7) is 5.24. The van der Waals surface area contributed by atoms with Crippen molar-refractivity contribution in [3.05, 3.63) is 34.5 Å². The molecule has 17 heavy (non-hydrogen) atoms. The number of nitrogens with zero attached hydrogens (tertiary/aromatic N) is 1. The van der Waals surface area contributed by atoms with E-state index >= 15 is 0 Å². The molecule has 1 aliphatic rings. The number of benzene rings is 1. The molecule has 0 radical (unpaired) electrons. The van der Waals surface area contributed by atoms with Crippen molar-refractivity contribution in [2.24, 2.45) is 0 Å². The zero-order valence-corrected chi connectivity index (χ0v) is 11.2. The normalized spacial score (nSPS) is 17.7. The largest absolute Gasteiger partial charge is 0.460 e. The first-order valence-corrected chi connectivity index (χ1v) is 6.72. The second-order valence-electron chi connectivity index (χ2n) is 4.39. The van der Waals surface area contributed by atoms with E-state index in [1.165, 1.54) is 0 Å². The summed E-state index contributed by atoms with van der Waals surface area (Å²) in [5.41, 5.74) is 0.963. The van der Waals surface area contributed by atoms with Gasteiger partial charge in [0.05, 0.1) is 6.54 Å². The zero-order chi connectivity index (χ0) is 11.7. The van der Waals surface area contributed by atoms with Crippen molar-refractivity contribution < 1.29 is 4.42 Å². The minimum atomic E-state index is 0.906. The molecular formula is C13H15BrN2O. The van der Waals surface area contributed by atoms with E-state index < -0.39 is 0 Å². The van der Waals surface area contributed by atoms with E-state index in [2.05, 4.69) is 32.2 Å². The van der Waals surface area contributed by atoms with Gasteiger partial charge in [-0.25, -0.2) is 0 Å². The smallest absolute Gasteiger partial charge is 0.135 e. The van der Waals surface area contributed by atoms with E-state index in [1.54, 1.807) is 0 Å². The van der Waals surface area contributed by atoms with E-state index in [1.807, 2.05) is 18.2 Å². The van der Waals surface area contributed by atoms with Crippen LogP contribution in [0, 0.1) is 0 Å². The zero-order valence-electron chi connectivity index (χ0n) is 9.58. The van der Waals surface area contributed by atoms with Gasteiger partial charge in [0.25, 0.3) is 0 Å². The fraction of sp³-hybridized carbons (Fsp3) is 0.385. The van der Waals surface area contributed by atoms with Gasteiger partial charge < -0.3 is 9.73 Å². The highest BCUT2D eigenvalue weighted by Gasteiger charge is 2.13. The van der Waals surface area contributed by atoms with Crippen molar-refractivity contribution in [3.63, 3.8) is 0 Å². The lowest BCUT2D eigenvalue weighted by Crippen LogP contribution is -2.42. The maximum absolute atomic E-state index is 5.86. The summed E-state index contributed by atoms with van der Waals surface area (Å²) < 4.78 is 6.96. The molecule has 4 heteroatoms. The Balaban J connectivity index is 1.83. The van der Waals surface area contributed by atoms with Crippen LogP contribution in [-0.2, 0) is 6.54 Å². The fourth-order valence-corrected chi connectivity index (χ4v) is 2.71. The van der Waals surface area contributed by atoms with Gasteiger partial charge in [-0.1, -0.05) is 22.0 Å². The summed E-state index contributed by atoms with van der Waals surface area (Å²) in [6.07, 6.45) is 0. The molecule has 0 unspecified atom stereocenters. The second kappa shape index (κ2) is 4.80. The van der Waals surface area contributed by atoms with E-state index in [9.17, 15) is 0 Å². The van der Waals surface area contributed by atoms with E-state index in [4.69, 9.17) is 4.42 Å². The lowest BCUT2D eigenvalue weighted by Gasteiger charge is -2.26. The summed E-state index contributed by atoms with van der Waals surface area (Å²) >= 11 is 3.55. The summed E-state index contributed by atoms with van der Waals surface area (Å²) in [7, 11) is 0. The Morgan fingerprint density at radius 3 is 2.88 bits per heavy atom. The molecule has 3 rings (SSSR count). The van der Waals surface area contributed by atoms with E-state index in [-0.39, 0.29) is 0 Å². The van der Waals surface area contributed by atoms with Crippen LogP contribution in [0.2, 0.25) is 0 Å². The van der Waals surface area contributed by atoms with Crippen molar-refractivity contribution in [2.75, 3.05) is 26.2 Å². The highest BCUT2D eigenvalue weighted by Crippen LogP contribution is 2.27. The van der Waals surface area contributed by atoms with Crippen molar-refractivity contribution in [3.8, 4) is 0 Å². The Hall–Kier alpha value is -0.840. The number of hydrogen-bond acceptors (Lipinski definition) is 3. The lowest BCUT2D eigenvalue weighted by molar-refractivity contribution is 0.218. The van der Waals surface area contributed by atoms with E-state index in [0.29, 0.717) is 0 Å². The number of halogens is 1.